The molecule has 1 amide bonds. The first-order chi connectivity index (χ1) is 14.7. The number of H-pyrrole nitrogens is 1. The van der Waals surface area contributed by atoms with Gasteiger partial charge in [0, 0.05) is 30.2 Å². The fourth-order valence-electron chi connectivity index (χ4n) is 3.14. The van der Waals surface area contributed by atoms with Crippen LogP contribution >= 0.6 is 0 Å². The maximum Gasteiger partial charge on any atom is 0.471 e. The zero-order valence-electron chi connectivity index (χ0n) is 15.8. The van der Waals surface area contributed by atoms with Gasteiger partial charge in [-0.1, -0.05) is 18.2 Å². The van der Waals surface area contributed by atoms with E-state index in [1.54, 1.807) is 59.4 Å². The third-order valence-electron chi connectivity index (χ3n) is 4.63. The fraction of sp³-hybridized carbons (Fsp3) is 0.0952. The first kappa shape index (κ1) is 20.2. The second-order valence-electron chi connectivity index (χ2n) is 6.75. The summed E-state index contributed by atoms with van der Waals surface area (Å²) in [5.74, 6) is -2.59. The van der Waals surface area contributed by atoms with E-state index in [0.717, 1.165) is 0 Å². The van der Waals surface area contributed by atoms with E-state index in [2.05, 4.69) is 9.97 Å². The molecule has 0 aliphatic rings. The van der Waals surface area contributed by atoms with Crippen LogP contribution in [0.2, 0.25) is 0 Å². The Labute approximate surface area is 173 Å². The number of nitrogens with one attached hydrogen (secondary N) is 2. The number of alkyl halides is 3. The molecule has 0 atom stereocenters. The van der Waals surface area contributed by atoms with Crippen molar-refractivity contribution in [2.24, 2.45) is 0 Å². The van der Waals surface area contributed by atoms with Crippen molar-refractivity contribution in [1.29, 1.82) is 0 Å². The molecule has 0 spiro atoms. The van der Waals surface area contributed by atoms with Gasteiger partial charge in [0.05, 0.1) is 11.1 Å². The Morgan fingerprint density at radius 2 is 1.90 bits per heavy atom. The Balaban J connectivity index is 1.59. The summed E-state index contributed by atoms with van der Waals surface area (Å²) in [7, 11) is 0. The normalized spacial score (nSPS) is 11.6. The van der Waals surface area contributed by atoms with Crippen molar-refractivity contribution < 1.29 is 27.9 Å². The number of aromatic amines is 1. The lowest BCUT2D eigenvalue weighted by Crippen LogP contribution is -2.36. The predicted molar refractivity (Wildman–Crippen MR) is 106 cm³/mol. The average molecular weight is 428 g/mol. The van der Waals surface area contributed by atoms with Crippen molar-refractivity contribution >= 4 is 22.9 Å². The molecular formula is C21H15F3N4O3. The van der Waals surface area contributed by atoms with Gasteiger partial charge in [-0.05, 0) is 35.9 Å². The number of carbonyl (C=O) groups excluding carboxylic acids is 1. The molecule has 31 heavy (non-hydrogen) atoms. The van der Waals surface area contributed by atoms with Gasteiger partial charge in [0.15, 0.2) is 0 Å². The van der Waals surface area contributed by atoms with Gasteiger partial charge in [-0.15, -0.1) is 0 Å². The lowest BCUT2D eigenvalue weighted by atomic mass is 10.2. The summed E-state index contributed by atoms with van der Waals surface area (Å²) in [6, 6.07) is 13.6. The van der Waals surface area contributed by atoms with Crippen molar-refractivity contribution in [3.8, 4) is 17.1 Å². The molecule has 0 saturated carbocycles. The molecule has 2 aromatic carbocycles. The van der Waals surface area contributed by atoms with Gasteiger partial charge in [0.25, 0.3) is 0 Å². The number of halogens is 3. The molecule has 0 unspecified atom stereocenters. The van der Waals surface area contributed by atoms with E-state index in [0.29, 0.717) is 33.7 Å². The predicted octanol–water partition coefficient (Wildman–Crippen LogP) is 3.90. The standard InChI is InChI=1S/C21H15F3N4O3/c22-21(23,24)20(31)25-10-12-7-8-28(11-12)14-4-1-3-13(9-14)18-26-16-6-2-5-15(19(29)30)17(16)27-18/h1-9,11H,10H2,(H,25,31)(H,26,27)(H,29,30). The molecule has 0 saturated heterocycles. The van der Waals surface area contributed by atoms with E-state index in [4.69, 9.17) is 0 Å². The van der Waals surface area contributed by atoms with Crippen LogP contribution < -0.4 is 5.32 Å². The quantitative estimate of drug-likeness (QED) is 0.449. The van der Waals surface area contributed by atoms with Crippen LogP contribution in [0.5, 0.6) is 0 Å². The molecule has 7 nitrogen and oxygen atoms in total. The Morgan fingerprint density at radius 3 is 2.65 bits per heavy atom. The maximum atomic E-state index is 12.3. The smallest absolute Gasteiger partial charge is 0.471 e. The number of hydrogen-bond acceptors (Lipinski definition) is 3. The highest BCUT2D eigenvalue weighted by Crippen LogP contribution is 2.25. The summed E-state index contributed by atoms with van der Waals surface area (Å²) in [5, 5.41) is 11.2. The maximum absolute atomic E-state index is 12.3. The SMILES string of the molecule is O=C(O)c1cccc2[nH]c(-c3cccc(-n4ccc(CNC(=O)C(F)(F)F)c4)c3)nc12. The van der Waals surface area contributed by atoms with E-state index in [1.165, 1.54) is 6.07 Å². The molecule has 2 aromatic heterocycles. The minimum Gasteiger partial charge on any atom is -0.478 e. The topological polar surface area (TPSA) is 100 Å². The monoisotopic (exact) mass is 428 g/mol. The fourth-order valence-corrected chi connectivity index (χ4v) is 3.14. The van der Waals surface area contributed by atoms with Crippen molar-refractivity contribution in [3.05, 3.63) is 72.1 Å². The number of carboxylic acid groups (broad SMARTS) is 1. The number of carboxylic acids is 1. The second-order valence-corrected chi connectivity index (χ2v) is 6.75. The minimum atomic E-state index is -4.93. The molecule has 4 aromatic rings. The Hall–Kier alpha value is -4.08. The summed E-state index contributed by atoms with van der Waals surface area (Å²) in [4.78, 5) is 29.9. The number of aromatic nitrogens is 3. The summed E-state index contributed by atoms with van der Waals surface area (Å²) in [6.45, 7) is -0.257. The Bertz CT molecular complexity index is 1290. The average Bonchev–Trinajstić information content (AvgIpc) is 3.38. The van der Waals surface area contributed by atoms with Crippen molar-refractivity contribution in [2.45, 2.75) is 12.7 Å². The van der Waals surface area contributed by atoms with Gasteiger partial charge in [-0.25, -0.2) is 9.78 Å². The molecule has 4 rings (SSSR count). The number of nitrogens with zero attached hydrogens (tertiary/aromatic N) is 2. The van der Waals surface area contributed by atoms with Crippen LogP contribution in [0.3, 0.4) is 0 Å². The van der Waals surface area contributed by atoms with Gasteiger partial charge in [0.2, 0.25) is 0 Å². The molecule has 0 aliphatic heterocycles. The number of rotatable bonds is 5. The molecule has 10 heteroatoms. The number of fused-ring (bicyclic) bond motifs is 1. The van der Waals surface area contributed by atoms with Gasteiger partial charge in [0.1, 0.15) is 11.3 Å². The number of carbonyl (C=O) groups is 2. The molecule has 158 valence electrons. The zero-order valence-corrected chi connectivity index (χ0v) is 15.8. The van der Waals surface area contributed by atoms with Gasteiger partial charge < -0.3 is 20.0 Å². The summed E-state index contributed by atoms with van der Waals surface area (Å²) < 4.78 is 38.6. The number of para-hydroxylation sites is 1. The molecule has 0 fully saturated rings. The van der Waals surface area contributed by atoms with E-state index < -0.39 is 18.1 Å². The summed E-state index contributed by atoms with van der Waals surface area (Å²) >= 11 is 0. The summed E-state index contributed by atoms with van der Waals surface area (Å²) in [5.41, 5.74) is 2.93. The van der Waals surface area contributed by atoms with E-state index in [-0.39, 0.29) is 12.1 Å². The molecule has 0 aliphatic carbocycles. The lowest BCUT2D eigenvalue weighted by Gasteiger charge is -2.07. The largest absolute Gasteiger partial charge is 0.478 e. The number of hydrogen-bond donors (Lipinski definition) is 3. The van der Waals surface area contributed by atoms with Crippen LogP contribution in [0.1, 0.15) is 15.9 Å². The van der Waals surface area contributed by atoms with Crippen molar-refractivity contribution in [3.63, 3.8) is 0 Å². The van der Waals surface area contributed by atoms with Crippen LogP contribution in [0, 0.1) is 0 Å². The molecule has 2 heterocycles. The first-order valence-electron chi connectivity index (χ1n) is 9.07. The highest BCUT2D eigenvalue weighted by molar-refractivity contribution is 6.01. The van der Waals surface area contributed by atoms with Crippen LogP contribution in [0.25, 0.3) is 28.1 Å². The van der Waals surface area contributed by atoms with E-state index >= 15 is 0 Å². The van der Waals surface area contributed by atoms with E-state index in [1.807, 2.05) is 5.32 Å². The third-order valence-corrected chi connectivity index (χ3v) is 4.63. The van der Waals surface area contributed by atoms with Crippen LogP contribution in [0.15, 0.2) is 60.9 Å². The van der Waals surface area contributed by atoms with Crippen LogP contribution in [-0.4, -0.2) is 37.7 Å². The van der Waals surface area contributed by atoms with Gasteiger partial charge in [-0.2, -0.15) is 13.2 Å². The Morgan fingerprint density at radius 1 is 1.13 bits per heavy atom. The summed E-state index contributed by atoms with van der Waals surface area (Å²) in [6.07, 6.45) is -1.66. The zero-order chi connectivity index (χ0) is 22.2. The molecule has 3 N–H and O–H groups in total. The molecular weight excluding hydrogens is 413 g/mol. The number of benzene rings is 2. The second kappa shape index (κ2) is 7.63. The van der Waals surface area contributed by atoms with Crippen molar-refractivity contribution in [2.75, 3.05) is 0 Å². The van der Waals surface area contributed by atoms with Gasteiger partial charge >= 0.3 is 18.1 Å². The lowest BCUT2D eigenvalue weighted by molar-refractivity contribution is -0.173. The third kappa shape index (κ3) is 4.13. The first-order valence-corrected chi connectivity index (χ1v) is 9.07. The number of amides is 1. The van der Waals surface area contributed by atoms with E-state index in [9.17, 15) is 27.9 Å². The van der Waals surface area contributed by atoms with Crippen molar-refractivity contribution in [1.82, 2.24) is 19.9 Å². The van der Waals surface area contributed by atoms with Crippen LogP contribution in [0.4, 0.5) is 13.2 Å². The number of imidazole rings is 1. The highest BCUT2D eigenvalue weighted by atomic mass is 19.4. The molecule has 0 bridgehead atoms. The van der Waals surface area contributed by atoms with Gasteiger partial charge in [-0.3, -0.25) is 4.79 Å². The Kier molecular flexibility index (Phi) is 4.97. The minimum absolute atomic E-state index is 0.0899. The molecule has 0 radical (unpaired) electrons. The highest BCUT2D eigenvalue weighted by Gasteiger charge is 2.38. The van der Waals surface area contributed by atoms with Crippen LogP contribution in [-0.2, 0) is 11.3 Å². The number of aromatic carboxylic acids is 1.